The van der Waals surface area contributed by atoms with E-state index in [-0.39, 0.29) is 22.8 Å². The molecule has 0 radical (unpaired) electrons. The monoisotopic (exact) mass is 586 g/mol. The van der Waals surface area contributed by atoms with Crippen LogP contribution >= 0.6 is 11.6 Å². The highest BCUT2D eigenvalue weighted by Gasteiger charge is 2.39. The maximum Gasteiger partial charge on any atom is 0.200 e. The van der Waals surface area contributed by atoms with Gasteiger partial charge in [0.2, 0.25) is 0 Å². The number of ether oxygens (including phenoxy) is 2. The summed E-state index contributed by atoms with van der Waals surface area (Å²) in [6.45, 7) is 14.9. The van der Waals surface area contributed by atoms with E-state index in [0.29, 0.717) is 11.6 Å². The van der Waals surface area contributed by atoms with Crippen molar-refractivity contribution in [3.63, 3.8) is 0 Å². The van der Waals surface area contributed by atoms with Crippen molar-refractivity contribution in [2.45, 2.75) is 103 Å². The Hall–Kier alpha value is -1.92. The smallest absolute Gasteiger partial charge is 0.200 e. The van der Waals surface area contributed by atoms with Gasteiger partial charge in [-0.25, -0.2) is 0 Å². The molecule has 1 aliphatic carbocycles. The Bertz CT molecular complexity index is 1030. The second-order valence-electron chi connectivity index (χ2n) is 12.1. The normalized spacial score (nSPS) is 18.3. The SMILES string of the molecule is CC/C=C\C[C@@H](C/C=C1/C(=O)C(Cl)=C[C@@H]1C/C=C\CCCCOCc1ccc(OC)cc1)O[Si](C)(C)C(C)(C)C. The van der Waals surface area contributed by atoms with Crippen LogP contribution in [-0.2, 0) is 20.6 Å². The summed E-state index contributed by atoms with van der Waals surface area (Å²) in [5.41, 5.74) is 1.96. The number of allylic oxidation sites excluding steroid dienone is 6. The van der Waals surface area contributed by atoms with E-state index in [1.807, 2.05) is 30.3 Å². The number of hydrogen-bond donors (Lipinski definition) is 0. The van der Waals surface area contributed by atoms with Gasteiger partial charge >= 0.3 is 0 Å². The molecule has 0 bridgehead atoms. The standard InChI is InChI=1S/C34H51ClO4Si/c1-8-9-13-17-30(39-40(6,7)34(2,3)4)22-23-31-28(25-32(35)33(31)36)16-14-11-10-12-15-24-38-26-27-18-20-29(37-5)21-19-27/h9,11,13-14,18-21,23,25,28,30H,8,10,12,15-17,22,24,26H2,1-7H3/b13-9-,14-11-,31-23+/t28-,30-/m0/s1. The van der Waals surface area contributed by atoms with Gasteiger partial charge in [-0.3, -0.25) is 4.79 Å². The molecule has 40 heavy (non-hydrogen) atoms. The third-order valence-electron chi connectivity index (χ3n) is 7.79. The zero-order valence-electron chi connectivity index (χ0n) is 25.8. The fourth-order valence-electron chi connectivity index (χ4n) is 4.29. The highest BCUT2D eigenvalue weighted by molar-refractivity contribution is 6.74. The molecule has 222 valence electrons. The first-order valence-electron chi connectivity index (χ1n) is 14.8. The summed E-state index contributed by atoms with van der Waals surface area (Å²) >= 11 is 6.30. The maximum absolute atomic E-state index is 12.8. The molecule has 2 rings (SSSR count). The van der Waals surface area contributed by atoms with Gasteiger partial charge in [-0.05, 0) is 80.8 Å². The number of halogens is 1. The number of benzene rings is 1. The number of methoxy groups -OCH3 is 1. The van der Waals surface area contributed by atoms with Gasteiger partial charge in [-0.2, -0.15) is 0 Å². The van der Waals surface area contributed by atoms with Crippen molar-refractivity contribution < 1.29 is 18.7 Å². The molecule has 6 heteroatoms. The molecule has 0 N–H and O–H groups in total. The number of carbonyl (C=O) groups is 1. The lowest BCUT2D eigenvalue weighted by Gasteiger charge is -2.39. The molecule has 0 unspecified atom stereocenters. The molecule has 0 spiro atoms. The van der Waals surface area contributed by atoms with Crippen LogP contribution in [0, 0.1) is 5.92 Å². The van der Waals surface area contributed by atoms with Crippen LogP contribution in [0.5, 0.6) is 5.75 Å². The second kappa shape index (κ2) is 17.1. The van der Waals surface area contributed by atoms with Gasteiger partial charge in [0.15, 0.2) is 14.1 Å². The van der Waals surface area contributed by atoms with Crippen molar-refractivity contribution in [1.82, 2.24) is 0 Å². The molecule has 1 aliphatic rings. The molecule has 0 saturated carbocycles. The van der Waals surface area contributed by atoms with Gasteiger partial charge in [0.05, 0.1) is 24.9 Å². The maximum atomic E-state index is 12.8. The Morgan fingerprint density at radius 3 is 2.40 bits per heavy atom. The zero-order valence-corrected chi connectivity index (χ0v) is 27.6. The first kappa shape index (κ1) is 34.3. The van der Waals surface area contributed by atoms with E-state index in [2.05, 4.69) is 71.2 Å². The van der Waals surface area contributed by atoms with Crippen LogP contribution in [0.1, 0.15) is 78.2 Å². The van der Waals surface area contributed by atoms with E-state index in [1.165, 1.54) is 0 Å². The largest absolute Gasteiger partial charge is 0.497 e. The Morgan fingerprint density at radius 1 is 1.02 bits per heavy atom. The van der Waals surface area contributed by atoms with Crippen LogP contribution in [0.2, 0.25) is 18.1 Å². The summed E-state index contributed by atoms with van der Waals surface area (Å²) in [6, 6.07) is 7.97. The molecule has 0 amide bonds. The van der Waals surface area contributed by atoms with Crippen molar-refractivity contribution in [2.24, 2.45) is 5.92 Å². The van der Waals surface area contributed by atoms with Gasteiger partial charge in [-0.15, -0.1) is 0 Å². The van der Waals surface area contributed by atoms with Crippen molar-refractivity contribution >= 4 is 25.7 Å². The minimum absolute atomic E-state index is 0.0313. The number of unbranched alkanes of at least 4 members (excludes halogenated alkanes) is 2. The minimum Gasteiger partial charge on any atom is -0.497 e. The zero-order chi connectivity index (χ0) is 29.6. The molecular weight excluding hydrogens is 536 g/mol. The van der Waals surface area contributed by atoms with E-state index in [4.69, 9.17) is 25.5 Å². The van der Waals surface area contributed by atoms with Crippen molar-refractivity contribution in [3.05, 3.63) is 76.9 Å². The summed E-state index contributed by atoms with van der Waals surface area (Å²) in [4.78, 5) is 12.8. The average molecular weight is 587 g/mol. The third kappa shape index (κ3) is 11.5. The van der Waals surface area contributed by atoms with E-state index in [9.17, 15) is 4.79 Å². The average Bonchev–Trinajstić information content (AvgIpc) is 3.17. The van der Waals surface area contributed by atoms with E-state index in [0.717, 1.165) is 68.4 Å². The molecule has 0 heterocycles. The fourth-order valence-corrected chi connectivity index (χ4v) is 5.93. The van der Waals surface area contributed by atoms with Crippen molar-refractivity contribution in [3.8, 4) is 5.75 Å². The van der Waals surface area contributed by atoms with Crippen LogP contribution in [0.15, 0.2) is 71.3 Å². The van der Waals surface area contributed by atoms with E-state index < -0.39 is 8.32 Å². The van der Waals surface area contributed by atoms with Crippen molar-refractivity contribution in [2.75, 3.05) is 13.7 Å². The van der Waals surface area contributed by atoms with Gasteiger partial charge in [0, 0.05) is 18.1 Å². The number of hydrogen-bond acceptors (Lipinski definition) is 4. The third-order valence-corrected chi connectivity index (χ3v) is 12.6. The molecule has 2 atom stereocenters. The van der Waals surface area contributed by atoms with Crippen LogP contribution in [0.25, 0.3) is 0 Å². The summed E-state index contributed by atoms with van der Waals surface area (Å²) < 4.78 is 17.7. The summed E-state index contributed by atoms with van der Waals surface area (Å²) in [7, 11) is -0.257. The summed E-state index contributed by atoms with van der Waals surface area (Å²) in [5.74, 6) is 0.852. The summed E-state index contributed by atoms with van der Waals surface area (Å²) in [6.07, 6.45) is 19.3. The quantitative estimate of drug-likeness (QED) is 0.0788. The van der Waals surface area contributed by atoms with Gasteiger partial charge in [0.25, 0.3) is 0 Å². The number of ketones is 1. The Balaban J connectivity index is 1.83. The van der Waals surface area contributed by atoms with Crippen LogP contribution in [0.4, 0.5) is 0 Å². The first-order valence-corrected chi connectivity index (χ1v) is 18.1. The van der Waals surface area contributed by atoms with Crippen molar-refractivity contribution in [1.29, 1.82) is 0 Å². The number of Topliss-reactive ketones (excluding diaryl/α,β-unsaturated/α-hetero) is 1. The molecule has 1 aromatic rings. The Kier molecular flexibility index (Phi) is 14.7. The molecule has 0 saturated heterocycles. The second-order valence-corrected chi connectivity index (χ2v) is 17.2. The molecule has 0 aliphatic heterocycles. The van der Waals surface area contributed by atoms with Crippen LogP contribution in [-0.4, -0.2) is 33.9 Å². The molecule has 0 fully saturated rings. The number of carbonyl (C=O) groups excluding carboxylic acids is 1. The molecule has 0 aromatic heterocycles. The Morgan fingerprint density at radius 2 is 1.75 bits per heavy atom. The van der Waals surface area contributed by atoms with Gasteiger partial charge in [0.1, 0.15) is 5.75 Å². The fraction of sp³-hybridized carbons (Fsp3) is 0.559. The van der Waals surface area contributed by atoms with E-state index in [1.54, 1.807) is 7.11 Å². The molecule has 4 nitrogen and oxygen atoms in total. The van der Waals surface area contributed by atoms with Crippen LogP contribution < -0.4 is 4.74 Å². The van der Waals surface area contributed by atoms with E-state index >= 15 is 0 Å². The topological polar surface area (TPSA) is 44.8 Å². The molecule has 1 aromatic carbocycles. The van der Waals surface area contributed by atoms with Gasteiger partial charge < -0.3 is 13.9 Å². The van der Waals surface area contributed by atoms with Crippen LogP contribution in [0.3, 0.4) is 0 Å². The number of rotatable bonds is 17. The lowest BCUT2D eigenvalue weighted by molar-refractivity contribution is -0.111. The molecular formula is C34H51ClO4Si. The highest BCUT2D eigenvalue weighted by atomic mass is 35.5. The predicted molar refractivity (Wildman–Crippen MR) is 172 cm³/mol. The lowest BCUT2D eigenvalue weighted by atomic mass is 9.96. The summed E-state index contributed by atoms with van der Waals surface area (Å²) in [5, 5.41) is 0.475. The highest BCUT2D eigenvalue weighted by Crippen LogP contribution is 2.38. The van der Waals surface area contributed by atoms with Gasteiger partial charge in [-0.1, -0.05) is 87.9 Å². The lowest BCUT2D eigenvalue weighted by Crippen LogP contribution is -2.43. The first-order chi connectivity index (χ1) is 19.0. The Labute approximate surface area is 249 Å². The minimum atomic E-state index is -1.93. The predicted octanol–water partition coefficient (Wildman–Crippen LogP) is 9.71.